The van der Waals surface area contributed by atoms with Crippen molar-refractivity contribution in [2.24, 2.45) is 5.92 Å². The molecule has 0 aliphatic carbocycles. The maximum atomic E-state index is 11.9. The number of β-amino-alcohol motifs (C(OH)–C–C–N with tert-alkyl or cyclic N) is 1. The lowest BCUT2D eigenvalue weighted by molar-refractivity contribution is -0.145. The number of likely N-dealkylation sites (tertiary alicyclic amines) is 2. The first-order valence-electron chi connectivity index (χ1n) is 5.75. The monoisotopic (exact) mass is 226 g/mol. The highest BCUT2D eigenvalue weighted by atomic mass is 16.3. The minimum atomic E-state index is -0.373. The highest BCUT2D eigenvalue weighted by molar-refractivity contribution is 5.89. The summed E-state index contributed by atoms with van der Waals surface area (Å²) >= 11 is 0. The van der Waals surface area contributed by atoms with Gasteiger partial charge in [0.2, 0.25) is 11.8 Å². The van der Waals surface area contributed by atoms with Gasteiger partial charge in [0.25, 0.3) is 0 Å². The summed E-state index contributed by atoms with van der Waals surface area (Å²) in [7, 11) is 0. The van der Waals surface area contributed by atoms with Gasteiger partial charge in [0.15, 0.2) is 0 Å². The summed E-state index contributed by atoms with van der Waals surface area (Å²) < 4.78 is 0. The molecule has 0 bridgehead atoms. The Balaban J connectivity index is 1.92. The Morgan fingerprint density at radius 3 is 2.44 bits per heavy atom. The zero-order chi connectivity index (χ0) is 11.9. The van der Waals surface area contributed by atoms with E-state index >= 15 is 0 Å². The van der Waals surface area contributed by atoms with E-state index in [1.165, 1.54) is 0 Å². The van der Waals surface area contributed by atoms with Crippen LogP contribution in [0, 0.1) is 5.92 Å². The normalized spacial score (nSPS) is 26.5. The van der Waals surface area contributed by atoms with Crippen LogP contribution in [0.3, 0.4) is 0 Å². The van der Waals surface area contributed by atoms with Gasteiger partial charge in [-0.1, -0.05) is 0 Å². The van der Waals surface area contributed by atoms with Gasteiger partial charge < -0.3 is 14.9 Å². The van der Waals surface area contributed by atoms with E-state index in [1.807, 2.05) is 13.8 Å². The van der Waals surface area contributed by atoms with Crippen molar-refractivity contribution in [1.29, 1.82) is 0 Å². The maximum absolute atomic E-state index is 11.9. The third-order valence-electron chi connectivity index (χ3n) is 3.30. The summed E-state index contributed by atoms with van der Waals surface area (Å²) in [6, 6.07) is 0.160. The molecule has 2 aliphatic heterocycles. The van der Waals surface area contributed by atoms with Crippen LogP contribution in [0.25, 0.3) is 0 Å². The third kappa shape index (κ3) is 1.91. The first-order chi connectivity index (χ1) is 7.49. The molecule has 2 saturated heterocycles. The van der Waals surface area contributed by atoms with E-state index in [0.717, 1.165) is 0 Å². The molecule has 5 nitrogen and oxygen atoms in total. The highest BCUT2D eigenvalue weighted by Crippen LogP contribution is 2.24. The third-order valence-corrected chi connectivity index (χ3v) is 3.30. The van der Waals surface area contributed by atoms with Crippen LogP contribution in [-0.2, 0) is 9.59 Å². The van der Waals surface area contributed by atoms with Crippen molar-refractivity contribution in [2.75, 3.05) is 19.6 Å². The largest absolute Gasteiger partial charge is 0.389 e. The van der Waals surface area contributed by atoms with E-state index in [4.69, 9.17) is 5.11 Å². The molecule has 0 aromatic rings. The summed E-state index contributed by atoms with van der Waals surface area (Å²) in [5, 5.41) is 9.13. The Bertz CT molecular complexity index is 310. The number of amides is 2. The fraction of sp³-hybridized carbons (Fsp3) is 0.818. The van der Waals surface area contributed by atoms with Gasteiger partial charge in [-0.25, -0.2) is 0 Å². The average Bonchev–Trinajstić information content (AvgIpc) is 2.54. The van der Waals surface area contributed by atoms with Crippen LogP contribution in [0.15, 0.2) is 0 Å². The summed E-state index contributed by atoms with van der Waals surface area (Å²) in [4.78, 5) is 26.9. The topological polar surface area (TPSA) is 60.9 Å². The molecular formula is C11H18N2O3. The lowest BCUT2D eigenvalue weighted by Crippen LogP contribution is -2.55. The molecule has 0 aromatic carbocycles. The zero-order valence-electron chi connectivity index (χ0n) is 9.72. The predicted molar refractivity (Wildman–Crippen MR) is 57.5 cm³/mol. The van der Waals surface area contributed by atoms with E-state index in [0.29, 0.717) is 26.1 Å². The molecule has 2 aliphatic rings. The van der Waals surface area contributed by atoms with Crippen molar-refractivity contribution in [2.45, 2.75) is 32.4 Å². The molecule has 2 amide bonds. The minimum absolute atomic E-state index is 0.0156. The Morgan fingerprint density at radius 1 is 1.38 bits per heavy atom. The SMILES string of the molecule is CC(C)N1CC(C(=O)N2CC(O)C2)CC1=O. The van der Waals surface area contributed by atoms with Crippen molar-refractivity contribution in [3.8, 4) is 0 Å². The fourth-order valence-corrected chi connectivity index (χ4v) is 2.29. The molecule has 0 saturated carbocycles. The van der Waals surface area contributed by atoms with E-state index in [9.17, 15) is 9.59 Å². The molecule has 1 atom stereocenters. The van der Waals surface area contributed by atoms with Gasteiger partial charge in [0, 0.05) is 32.1 Å². The molecule has 16 heavy (non-hydrogen) atoms. The van der Waals surface area contributed by atoms with Crippen molar-refractivity contribution >= 4 is 11.8 Å². The lowest BCUT2D eigenvalue weighted by Gasteiger charge is -2.37. The molecule has 1 N–H and O–H groups in total. The molecule has 90 valence electrons. The van der Waals surface area contributed by atoms with Gasteiger partial charge in [0.05, 0.1) is 12.0 Å². The smallest absolute Gasteiger partial charge is 0.228 e. The van der Waals surface area contributed by atoms with Crippen molar-refractivity contribution < 1.29 is 14.7 Å². The molecule has 0 aromatic heterocycles. The van der Waals surface area contributed by atoms with Crippen LogP contribution in [0.1, 0.15) is 20.3 Å². The average molecular weight is 226 g/mol. The number of nitrogens with zero attached hydrogens (tertiary/aromatic N) is 2. The second-order valence-electron chi connectivity index (χ2n) is 4.94. The number of hydrogen-bond acceptors (Lipinski definition) is 3. The molecule has 5 heteroatoms. The standard InChI is InChI=1S/C11H18N2O3/c1-7(2)13-4-8(3-10(13)15)11(16)12-5-9(14)6-12/h7-9,14H,3-6H2,1-2H3. The van der Waals surface area contributed by atoms with Crippen LogP contribution in [0.4, 0.5) is 0 Å². The number of carbonyl (C=O) groups is 2. The van der Waals surface area contributed by atoms with Crippen LogP contribution in [0.2, 0.25) is 0 Å². The molecule has 2 rings (SSSR count). The maximum Gasteiger partial charge on any atom is 0.228 e. The molecule has 2 heterocycles. The number of carbonyl (C=O) groups excluding carboxylic acids is 2. The van der Waals surface area contributed by atoms with Gasteiger partial charge in [0.1, 0.15) is 0 Å². The van der Waals surface area contributed by atoms with Gasteiger partial charge >= 0.3 is 0 Å². The summed E-state index contributed by atoms with van der Waals surface area (Å²) in [5.74, 6) is -0.126. The number of hydrogen-bond donors (Lipinski definition) is 1. The predicted octanol–water partition coefficient (Wildman–Crippen LogP) is -0.554. The Hall–Kier alpha value is -1.10. The fourth-order valence-electron chi connectivity index (χ4n) is 2.29. The van der Waals surface area contributed by atoms with Gasteiger partial charge in [-0.3, -0.25) is 9.59 Å². The first kappa shape index (κ1) is 11.4. The zero-order valence-corrected chi connectivity index (χ0v) is 9.72. The van der Waals surface area contributed by atoms with Crippen LogP contribution in [-0.4, -0.2) is 58.5 Å². The van der Waals surface area contributed by atoms with Crippen LogP contribution < -0.4 is 0 Å². The van der Waals surface area contributed by atoms with Gasteiger partial charge in [-0.15, -0.1) is 0 Å². The van der Waals surface area contributed by atoms with E-state index in [-0.39, 0.29) is 29.9 Å². The van der Waals surface area contributed by atoms with Gasteiger partial charge in [-0.05, 0) is 13.8 Å². The summed E-state index contributed by atoms with van der Waals surface area (Å²) in [6.07, 6.45) is -0.0499. The minimum Gasteiger partial charge on any atom is -0.389 e. The Morgan fingerprint density at radius 2 is 2.00 bits per heavy atom. The molecule has 2 fully saturated rings. The van der Waals surface area contributed by atoms with E-state index < -0.39 is 0 Å². The second kappa shape index (κ2) is 4.05. The molecule has 1 unspecified atom stereocenters. The van der Waals surface area contributed by atoms with Crippen molar-refractivity contribution in [3.05, 3.63) is 0 Å². The van der Waals surface area contributed by atoms with Crippen LogP contribution in [0.5, 0.6) is 0 Å². The number of rotatable bonds is 2. The second-order valence-corrected chi connectivity index (χ2v) is 4.94. The number of aliphatic hydroxyl groups is 1. The lowest BCUT2D eigenvalue weighted by atomic mass is 10.0. The van der Waals surface area contributed by atoms with Crippen LogP contribution >= 0.6 is 0 Å². The van der Waals surface area contributed by atoms with E-state index in [1.54, 1.807) is 9.80 Å². The van der Waals surface area contributed by atoms with E-state index in [2.05, 4.69) is 0 Å². The Labute approximate surface area is 95.0 Å². The summed E-state index contributed by atoms with van der Waals surface area (Å²) in [5.41, 5.74) is 0. The number of aliphatic hydroxyl groups excluding tert-OH is 1. The first-order valence-corrected chi connectivity index (χ1v) is 5.75. The van der Waals surface area contributed by atoms with Crippen molar-refractivity contribution in [3.63, 3.8) is 0 Å². The highest BCUT2D eigenvalue weighted by Gasteiger charge is 2.40. The summed E-state index contributed by atoms with van der Waals surface area (Å²) in [6.45, 7) is 5.29. The quantitative estimate of drug-likeness (QED) is 0.687. The molecule has 0 spiro atoms. The molecule has 0 radical (unpaired) electrons. The Kier molecular flexibility index (Phi) is 2.88. The van der Waals surface area contributed by atoms with Gasteiger partial charge in [-0.2, -0.15) is 0 Å². The molecular weight excluding hydrogens is 208 g/mol. The van der Waals surface area contributed by atoms with Crippen molar-refractivity contribution in [1.82, 2.24) is 9.80 Å².